The Balaban J connectivity index is 2.53. The second kappa shape index (κ2) is 4.50. The van der Waals surface area contributed by atoms with Gasteiger partial charge in [0.15, 0.2) is 0 Å². The van der Waals surface area contributed by atoms with E-state index < -0.39 is 0 Å². The lowest BCUT2D eigenvalue weighted by molar-refractivity contribution is 0.400. The third-order valence-corrected chi connectivity index (χ3v) is 1.78. The van der Waals surface area contributed by atoms with Crippen molar-refractivity contribution < 1.29 is 5.11 Å². The van der Waals surface area contributed by atoms with Crippen LogP contribution in [0.3, 0.4) is 0 Å². The van der Waals surface area contributed by atoms with Gasteiger partial charge in [-0.05, 0) is 18.4 Å². The smallest absolute Gasteiger partial charge is 0.118 e. The van der Waals surface area contributed by atoms with Crippen molar-refractivity contribution in [3.63, 3.8) is 0 Å². The van der Waals surface area contributed by atoms with Crippen LogP contribution in [0.2, 0.25) is 0 Å². The highest BCUT2D eigenvalue weighted by molar-refractivity contribution is 5.88. The normalized spacial score (nSPS) is 16.9. The number of nitrogens with two attached hydrogens (primary N) is 1. The number of nitrogens with one attached hydrogen (secondary N) is 1. The number of hydrogen-bond donors (Lipinski definition) is 3. The number of amidine groups is 1. The Kier molecular flexibility index (Phi) is 3.31. The predicted molar refractivity (Wildman–Crippen MR) is 53.7 cm³/mol. The molecule has 3 heteroatoms. The summed E-state index contributed by atoms with van der Waals surface area (Å²) in [5.41, 5.74) is 6.19. The molecule has 3 nitrogen and oxygen atoms in total. The van der Waals surface area contributed by atoms with Gasteiger partial charge in [-0.1, -0.05) is 18.2 Å². The van der Waals surface area contributed by atoms with Crippen LogP contribution in [-0.4, -0.2) is 10.9 Å². The average Bonchev–Trinajstić information content (AvgIpc) is 2.04. The zero-order valence-corrected chi connectivity index (χ0v) is 7.46. The minimum absolute atomic E-state index is 0.113. The lowest BCUT2D eigenvalue weighted by Gasteiger charge is -2.05. The maximum Gasteiger partial charge on any atom is 0.118 e. The Morgan fingerprint density at radius 1 is 1.62 bits per heavy atom. The molecule has 0 atom stereocenters. The SMILES string of the molecule is N=C(N)/C=C(\O)CC1=CCCC=C1. The van der Waals surface area contributed by atoms with E-state index in [2.05, 4.69) is 12.2 Å². The van der Waals surface area contributed by atoms with Gasteiger partial charge in [0, 0.05) is 12.5 Å². The van der Waals surface area contributed by atoms with E-state index in [1.54, 1.807) is 0 Å². The van der Waals surface area contributed by atoms with Gasteiger partial charge in [0.25, 0.3) is 0 Å². The molecule has 0 heterocycles. The maximum atomic E-state index is 9.34. The van der Waals surface area contributed by atoms with Crippen LogP contribution in [0.1, 0.15) is 19.3 Å². The third kappa shape index (κ3) is 3.60. The van der Waals surface area contributed by atoms with Crippen LogP contribution in [0.15, 0.2) is 35.6 Å². The zero-order chi connectivity index (χ0) is 9.68. The number of rotatable bonds is 3. The van der Waals surface area contributed by atoms with Gasteiger partial charge < -0.3 is 10.8 Å². The lowest BCUT2D eigenvalue weighted by atomic mass is 10.0. The Bertz CT molecular complexity index is 287. The largest absolute Gasteiger partial charge is 0.512 e. The zero-order valence-electron chi connectivity index (χ0n) is 7.46. The summed E-state index contributed by atoms with van der Waals surface area (Å²) in [4.78, 5) is 0. The molecule has 0 aromatic carbocycles. The molecule has 1 aliphatic rings. The summed E-state index contributed by atoms with van der Waals surface area (Å²) in [6.07, 6.45) is 9.99. The van der Waals surface area contributed by atoms with E-state index in [0.717, 1.165) is 18.4 Å². The summed E-state index contributed by atoms with van der Waals surface area (Å²) in [5.74, 6) is 0.0307. The highest BCUT2D eigenvalue weighted by Gasteiger charge is 2.00. The Labute approximate surface area is 77.8 Å². The summed E-state index contributed by atoms with van der Waals surface area (Å²) in [6, 6.07) is 0. The quantitative estimate of drug-likeness (QED) is 0.351. The van der Waals surface area contributed by atoms with Gasteiger partial charge in [0.1, 0.15) is 11.6 Å². The molecule has 0 saturated carbocycles. The topological polar surface area (TPSA) is 70.1 Å². The second-order valence-electron chi connectivity index (χ2n) is 3.03. The van der Waals surface area contributed by atoms with E-state index >= 15 is 0 Å². The van der Waals surface area contributed by atoms with Crippen molar-refractivity contribution in [2.24, 2.45) is 5.73 Å². The van der Waals surface area contributed by atoms with E-state index in [1.165, 1.54) is 6.08 Å². The van der Waals surface area contributed by atoms with Gasteiger partial charge in [-0.25, -0.2) is 0 Å². The predicted octanol–water partition coefficient (Wildman–Crippen LogP) is 2.03. The number of aliphatic hydroxyl groups excluding tert-OH is 1. The molecule has 1 rings (SSSR count). The van der Waals surface area contributed by atoms with Gasteiger partial charge in [-0.15, -0.1) is 0 Å². The summed E-state index contributed by atoms with van der Waals surface area (Å²) in [5, 5.41) is 16.3. The van der Waals surface area contributed by atoms with Crippen molar-refractivity contribution in [2.75, 3.05) is 0 Å². The summed E-state index contributed by atoms with van der Waals surface area (Å²) < 4.78 is 0. The number of allylic oxidation sites excluding steroid dienone is 4. The molecule has 0 spiro atoms. The van der Waals surface area contributed by atoms with Crippen molar-refractivity contribution in [2.45, 2.75) is 19.3 Å². The van der Waals surface area contributed by atoms with Gasteiger partial charge in [0.2, 0.25) is 0 Å². The van der Waals surface area contributed by atoms with E-state index in [1.807, 2.05) is 6.08 Å². The first-order valence-corrected chi connectivity index (χ1v) is 4.27. The van der Waals surface area contributed by atoms with Crippen LogP contribution in [-0.2, 0) is 0 Å². The second-order valence-corrected chi connectivity index (χ2v) is 3.03. The molecular weight excluding hydrogens is 164 g/mol. The van der Waals surface area contributed by atoms with Gasteiger partial charge >= 0.3 is 0 Å². The molecule has 0 saturated heterocycles. The van der Waals surface area contributed by atoms with E-state index in [9.17, 15) is 5.11 Å². The van der Waals surface area contributed by atoms with Crippen molar-refractivity contribution in [1.29, 1.82) is 5.41 Å². The summed E-state index contributed by atoms with van der Waals surface area (Å²) >= 11 is 0. The number of hydrogen-bond acceptors (Lipinski definition) is 2. The van der Waals surface area contributed by atoms with Crippen LogP contribution < -0.4 is 5.73 Å². The first-order valence-electron chi connectivity index (χ1n) is 4.27. The first kappa shape index (κ1) is 9.58. The Morgan fingerprint density at radius 3 is 2.92 bits per heavy atom. The molecule has 0 aromatic rings. The molecule has 0 unspecified atom stereocenters. The van der Waals surface area contributed by atoms with Crippen molar-refractivity contribution in [1.82, 2.24) is 0 Å². The van der Waals surface area contributed by atoms with E-state index in [0.29, 0.717) is 6.42 Å². The van der Waals surface area contributed by atoms with Crippen molar-refractivity contribution >= 4 is 5.84 Å². The lowest BCUT2D eigenvalue weighted by Crippen LogP contribution is -2.06. The molecular formula is C10H14N2O. The van der Waals surface area contributed by atoms with Crippen LogP contribution >= 0.6 is 0 Å². The van der Waals surface area contributed by atoms with E-state index in [-0.39, 0.29) is 11.6 Å². The van der Waals surface area contributed by atoms with Gasteiger partial charge in [0.05, 0.1) is 0 Å². The molecule has 0 bridgehead atoms. The minimum Gasteiger partial charge on any atom is -0.512 e. The first-order chi connectivity index (χ1) is 6.18. The number of aliphatic hydroxyl groups is 1. The Hall–Kier alpha value is -1.51. The summed E-state index contributed by atoms with van der Waals surface area (Å²) in [6.45, 7) is 0. The molecule has 0 radical (unpaired) electrons. The molecule has 4 N–H and O–H groups in total. The monoisotopic (exact) mass is 178 g/mol. The highest BCUT2D eigenvalue weighted by Crippen LogP contribution is 2.16. The van der Waals surface area contributed by atoms with Crippen LogP contribution in [0, 0.1) is 5.41 Å². The summed E-state index contributed by atoms with van der Waals surface area (Å²) in [7, 11) is 0. The van der Waals surface area contributed by atoms with Gasteiger partial charge in [-0.3, -0.25) is 5.41 Å². The van der Waals surface area contributed by atoms with Crippen LogP contribution in [0.5, 0.6) is 0 Å². The van der Waals surface area contributed by atoms with Gasteiger partial charge in [-0.2, -0.15) is 0 Å². The van der Waals surface area contributed by atoms with E-state index in [4.69, 9.17) is 11.1 Å². The molecule has 70 valence electrons. The van der Waals surface area contributed by atoms with Crippen LogP contribution in [0.4, 0.5) is 0 Å². The molecule has 0 amide bonds. The third-order valence-electron chi connectivity index (χ3n) is 1.78. The standard InChI is InChI=1S/C10H14N2O/c11-10(12)7-9(13)6-8-4-2-1-3-5-8/h2,4-5,7,13H,1,3,6H2,(H3,11,12)/b9-7-. The Morgan fingerprint density at radius 2 is 2.38 bits per heavy atom. The van der Waals surface area contributed by atoms with Crippen LogP contribution in [0.25, 0.3) is 0 Å². The molecule has 0 aliphatic heterocycles. The minimum atomic E-state index is -0.113. The fraction of sp³-hybridized carbons (Fsp3) is 0.300. The van der Waals surface area contributed by atoms with Crippen molar-refractivity contribution in [3.05, 3.63) is 35.6 Å². The fourth-order valence-corrected chi connectivity index (χ4v) is 1.24. The van der Waals surface area contributed by atoms with Crippen molar-refractivity contribution in [3.8, 4) is 0 Å². The highest BCUT2D eigenvalue weighted by atomic mass is 16.3. The molecule has 13 heavy (non-hydrogen) atoms. The fourth-order valence-electron chi connectivity index (χ4n) is 1.24. The maximum absolute atomic E-state index is 9.34. The average molecular weight is 178 g/mol. The molecule has 0 aromatic heterocycles. The molecule has 0 fully saturated rings. The molecule has 1 aliphatic carbocycles.